The smallest absolute Gasteiger partial charge is 0.186 e. The minimum absolute atomic E-state index is 0.0924. The molecule has 7 atom stereocenters. The van der Waals surface area contributed by atoms with Crippen LogP contribution in [-0.2, 0) is 14.2 Å². The van der Waals surface area contributed by atoms with E-state index >= 15 is 0 Å². The Morgan fingerprint density at radius 1 is 1.00 bits per heavy atom. The zero-order valence-corrected chi connectivity index (χ0v) is 9.62. The van der Waals surface area contributed by atoms with Crippen molar-refractivity contribution in [2.75, 3.05) is 13.2 Å². The van der Waals surface area contributed by atoms with Crippen LogP contribution in [0, 0.1) is 0 Å². The monoisotopic (exact) mass is 266 g/mol. The lowest BCUT2D eigenvalue weighted by atomic mass is 10.1. The van der Waals surface area contributed by atoms with Crippen LogP contribution >= 0.6 is 0 Å². The van der Waals surface area contributed by atoms with Crippen molar-refractivity contribution in [3.8, 4) is 0 Å². The van der Waals surface area contributed by atoms with Crippen LogP contribution in [0.25, 0.3) is 0 Å². The Kier molecular flexibility index (Phi) is 4.51. The zero-order valence-electron chi connectivity index (χ0n) is 9.62. The summed E-state index contributed by atoms with van der Waals surface area (Å²) in [5, 5.41) is 46.6. The highest BCUT2D eigenvalue weighted by molar-refractivity contribution is 4.87. The molecule has 0 radical (unpaired) electrons. The molecule has 0 aromatic carbocycles. The molecule has 0 aromatic heterocycles. The van der Waals surface area contributed by atoms with Gasteiger partial charge in [0.1, 0.15) is 24.4 Å². The number of aliphatic hydroxyl groups is 5. The molecule has 2 fully saturated rings. The molecule has 8 heteroatoms. The summed E-state index contributed by atoms with van der Waals surface area (Å²) in [6, 6.07) is 0. The topological polar surface area (TPSA) is 129 Å². The first kappa shape index (κ1) is 14.1. The molecule has 2 aliphatic heterocycles. The highest BCUT2D eigenvalue weighted by Gasteiger charge is 2.44. The lowest BCUT2D eigenvalue weighted by Crippen LogP contribution is -2.36. The maximum Gasteiger partial charge on any atom is 0.186 e. The van der Waals surface area contributed by atoms with Crippen molar-refractivity contribution in [3.05, 3.63) is 0 Å². The van der Waals surface area contributed by atoms with Gasteiger partial charge in [0.15, 0.2) is 12.6 Å². The summed E-state index contributed by atoms with van der Waals surface area (Å²) in [7, 11) is 0. The van der Waals surface area contributed by atoms with E-state index in [0.29, 0.717) is 0 Å². The minimum Gasteiger partial charge on any atom is -0.394 e. The molecule has 2 rings (SSSR count). The van der Waals surface area contributed by atoms with Crippen molar-refractivity contribution in [2.45, 2.75) is 49.5 Å². The van der Waals surface area contributed by atoms with Gasteiger partial charge < -0.3 is 39.7 Å². The Morgan fingerprint density at radius 2 is 1.72 bits per heavy atom. The molecule has 106 valence electrons. The molecule has 0 bridgehead atoms. The van der Waals surface area contributed by atoms with Crippen molar-refractivity contribution < 1.29 is 39.7 Å². The largest absolute Gasteiger partial charge is 0.394 e. The molecule has 2 aliphatic rings. The number of hydrogen-bond donors (Lipinski definition) is 5. The van der Waals surface area contributed by atoms with Crippen LogP contribution in [0.1, 0.15) is 6.42 Å². The summed E-state index contributed by atoms with van der Waals surface area (Å²) >= 11 is 0. The van der Waals surface area contributed by atoms with E-state index in [1.165, 1.54) is 0 Å². The summed E-state index contributed by atoms with van der Waals surface area (Å²) in [4.78, 5) is 0. The van der Waals surface area contributed by atoms with Gasteiger partial charge in [0.25, 0.3) is 0 Å². The fraction of sp³-hybridized carbons (Fsp3) is 1.00. The molecule has 0 spiro atoms. The van der Waals surface area contributed by atoms with Gasteiger partial charge in [-0.2, -0.15) is 0 Å². The highest BCUT2D eigenvalue weighted by Crippen LogP contribution is 2.24. The van der Waals surface area contributed by atoms with E-state index < -0.39 is 49.7 Å². The van der Waals surface area contributed by atoms with Gasteiger partial charge in [-0.1, -0.05) is 0 Å². The fourth-order valence-corrected chi connectivity index (χ4v) is 2.05. The van der Waals surface area contributed by atoms with E-state index in [-0.39, 0.29) is 13.0 Å². The quantitative estimate of drug-likeness (QED) is 0.362. The van der Waals surface area contributed by atoms with Crippen LogP contribution in [0.2, 0.25) is 0 Å². The van der Waals surface area contributed by atoms with Gasteiger partial charge in [-0.15, -0.1) is 0 Å². The van der Waals surface area contributed by atoms with Crippen LogP contribution in [0.3, 0.4) is 0 Å². The van der Waals surface area contributed by atoms with Crippen LogP contribution < -0.4 is 0 Å². The lowest BCUT2D eigenvalue weighted by molar-refractivity contribution is -0.196. The molecule has 0 aromatic rings. The first-order valence-corrected chi connectivity index (χ1v) is 5.78. The number of rotatable bonds is 4. The number of aliphatic hydroxyl groups excluding tert-OH is 5. The standard InChI is InChI=1S/C10H18O8/c11-2-5-8(14)9(15)10(18-5)16-3-6-4(12)1-7(13)17-6/h4-15H,1-3H2/t4-,5+,6+,7-,8+,9-,10-/m0/s1. The molecule has 2 saturated heterocycles. The summed E-state index contributed by atoms with van der Waals surface area (Å²) in [5.41, 5.74) is 0. The molecular formula is C10H18O8. The SMILES string of the molecule is OC[C@H]1O[C@H](OC[C@H]2O[C@H](O)C[C@@H]2O)[C@@H](O)[C@@H]1O. The predicted octanol–water partition coefficient (Wildman–Crippen LogP) is -3.09. The summed E-state index contributed by atoms with van der Waals surface area (Å²) in [6.07, 6.45) is -6.97. The lowest BCUT2D eigenvalue weighted by Gasteiger charge is -2.19. The van der Waals surface area contributed by atoms with E-state index in [0.717, 1.165) is 0 Å². The summed E-state index contributed by atoms with van der Waals surface area (Å²) in [5.74, 6) is 0. The molecule has 5 N–H and O–H groups in total. The third kappa shape index (κ3) is 2.81. The van der Waals surface area contributed by atoms with E-state index in [2.05, 4.69) is 0 Å². The molecule has 0 unspecified atom stereocenters. The van der Waals surface area contributed by atoms with Gasteiger partial charge in [0.05, 0.1) is 19.3 Å². The fourth-order valence-electron chi connectivity index (χ4n) is 2.05. The number of ether oxygens (including phenoxy) is 3. The normalized spacial score (nSPS) is 48.8. The van der Waals surface area contributed by atoms with E-state index in [9.17, 15) is 15.3 Å². The van der Waals surface area contributed by atoms with Crippen molar-refractivity contribution in [3.63, 3.8) is 0 Å². The van der Waals surface area contributed by atoms with Crippen LogP contribution in [-0.4, -0.2) is 81.8 Å². The molecule has 0 saturated carbocycles. The van der Waals surface area contributed by atoms with Gasteiger partial charge in [-0.05, 0) is 0 Å². The van der Waals surface area contributed by atoms with Crippen molar-refractivity contribution >= 4 is 0 Å². The van der Waals surface area contributed by atoms with Crippen LogP contribution in [0.15, 0.2) is 0 Å². The van der Waals surface area contributed by atoms with Gasteiger partial charge >= 0.3 is 0 Å². The first-order chi connectivity index (χ1) is 8.52. The molecule has 18 heavy (non-hydrogen) atoms. The van der Waals surface area contributed by atoms with Crippen molar-refractivity contribution in [1.29, 1.82) is 0 Å². The zero-order chi connectivity index (χ0) is 13.3. The average Bonchev–Trinajstić information content (AvgIpc) is 2.79. The molecule has 0 amide bonds. The molecule has 2 heterocycles. The Labute approximate surface area is 103 Å². The van der Waals surface area contributed by atoms with Crippen molar-refractivity contribution in [2.24, 2.45) is 0 Å². The first-order valence-electron chi connectivity index (χ1n) is 5.78. The second-order valence-corrected chi connectivity index (χ2v) is 4.47. The highest BCUT2D eigenvalue weighted by atomic mass is 16.7. The predicted molar refractivity (Wildman–Crippen MR) is 55.2 cm³/mol. The molecule has 8 nitrogen and oxygen atoms in total. The second-order valence-electron chi connectivity index (χ2n) is 4.47. The minimum atomic E-state index is -1.27. The van der Waals surface area contributed by atoms with Gasteiger partial charge in [-0.3, -0.25) is 0 Å². The van der Waals surface area contributed by atoms with E-state index in [1.54, 1.807) is 0 Å². The Balaban J connectivity index is 1.80. The average molecular weight is 266 g/mol. The Morgan fingerprint density at radius 3 is 2.22 bits per heavy atom. The van der Waals surface area contributed by atoms with Gasteiger partial charge in [0, 0.05) is 6.42 Å². The summed E-state index contributed by atoms with van der Waals surface area (Å²) < 4.78 is 15.2. The molecular weight excluding hydrogens is 248 g/mol. The van der Waals surface area contributed by atoms with Crippen molar-refractivity contribution in [1.82, 2.24) is 0 Å². The second kappa shape index (κ2) is 5.76. The number of hydrogen-bond acceptors (Lipinski definition) is 8. The maximum absolute atomic E-state index is 9.59. The molecule has 0 aliphatic carbocycles. The third-order valence-corrected chi connectivity index (χ3v) is 3.13. The maximum atomic E-state index is 9.59. The Hall–Kier alpha value is -0.320. The van der Waals surface area contributed by atoms with Crippen LogP contribution in [0.4, 0.5) is 0 Å². The van der Waals surface area contributed by atoms with Crippen LogP contribution in [0.5, 0.6) is 0 Å². The third-order valence-electron chi connectivity index (χ3n) is 3.13. The Bertz CT molecular complexity index is 275. The summed E-state index contributed by atoms with van der Waals surface area (Å²) in [6.45, 7) is -0.524. The van der Waals surface area contributed by atoms with E-state index in [4.69, 9.17) is 24.4 Å². The van der Waals surface area contributed by atoms with Gasteiger partial charge in [0.2, 0.25) is 0 Å². The van der Waals surface area contributed by atoms with E-state index in [1.807, 2.05) is 0 Å². The van der Waals surface area contributed by atoms with Gasteiger partial charge in [-0.25, -0.2) is 0 Å².